The van der Waals surface area contributed by atoms with Crippen LogP contribution in [-0.2, 0) is 0 Å². The molecule has 0 rings (SSSR count). The van der Waals surface area contributed by atoms with Crippen molar-refractivity contribution in [3.8, 4) is 11.8 Å². The van der Waals surface area contributed by atoms with Gasteiger partial charge in [0.1, 0.15) is 0 Å². The first-order valence-electron chi connectivity index (χ1n) is 3.08. The van der Waals surface area contributed by atoms with Gasteiger partial charge in [0.05, 0.1) is 6.54 Å². The Hall–Kier alpha value is -0.190. The predicted molar refractivity (Wildman–Crippen MR) is 41.7 cm³/mol. The zero-order valence-electron chi connectivity index (χ0n) is 5.71. The summed E-state index contributed by atoms with van der Waals surface area (Å²) in [5, 5.41) is 2.94. The molecule has 9 heavy (non-hydrogen) atoms. The summed E-state index contributed by atoms with van der Waals surface area (Å²) in [4.78, 5) is 0. The molecule has 0 radical (unpaired) electrons. The maximum absolute atomic E-state index is 5.43. The van der Waals surface area contributed by atoms with Gasteiger partial charge in [-0.3, -0.25) is 0 Å². The number of halogens is 1. The summed E-state index contributed by atoms with van der Waals surface area (Å²) in [6.07, 6.45) is 1.92. The lowest BCUT2D eigenvalue weighted by atomic mass is 10.3. The maximum atomic E-state index is 5.43. The number of nitrogens with one attached hydrogen (secondary N) is 1. The van der Waals surface area contributed by atoms with Crippen LogP contribution in [-0.4, -0.2) is 19.5 Å². The van der Waals surface area contributed by atoms with E-state index in [1.54, 1.807) is 0 Å². The van der Waals surface area contributed by atoms with Crippen LogP contribution in [0.15, 0.2) is 0 Å². The topological polar surface area (TPSA) is 12.0 Å². The quantitative estimate of drug-likeness (QED) is 0.358. The second-order valence-electron chi connectivity index (χ2n) is 1.68. The van der Waals surface area contributed by atoms with Gasteiger partial charge in [-0.1, -0.05) is 5.92 Å². The van der Waals surface area contributed by atoms with Gasteiger partial charge in [0.2, 0.25) is 0 Å². The van der Waals surface area contributed by atoms with Crippen LogP contribution in [0, 0.1) is 11.8 Å². The second-order valence-corrected chi connectivity index (χ2v) is 2.05. The lowest BCUT2D eigenvalue weighted by molar-refractivity contribution is 0.932. The van der Waals surface area contributed by atoms with E-state index < -0.39 is 0 Å². The van der Waals surface area contributed by atoms with Crippen LogP contribution in [0.4, 0.5) is 0 Å². The molecule has 0 amide bonds. The van der Waals surface area contributed by atoms with E-state index in [9.17, 15) is 0 Å². The van der Waals surface area contributed by atoms with Gasteiger partial charge in [0, 0.05) is 12.3 Å². The summed E-state index contributed by atoms with van der Waals surface area (Å²) >= 11 is 5.43. The van der Waals surface area contributed by atoms with E-state index in [4.69, 9.17) is 11.6 Å². The van der Waals surface area contributed by atoms with Crippen LogP contribution in [0.2, 0.25) is 0 Å². The summed E-state index contributed by atoms with van der Waals surface area (Å²) in [5.74, 6) is 6.66. The van der Waals surface area contributed by atoms with E-state index in [1.165, 1.54) is 0 Å². The van der Waals surface area contributed by atoms with Gasteiger partial charge in [-0.25, -0.2) is 0 Å². The Morgan fingerprint density at radius 1 is 1.44 bits per heavy atom. The number of hydrogen-bond acceptors (Lipinski definition) is 1. The van der Waals surface area contributed by atoms with Crippen molar-refractivity contribution in [3.63, 3.8) is 0 Å². The molecule has 0 fully saturated rings. The van der Waals surface area contributed by atoms with E-state index in [0.717, 1.165) is 19.4 Å². The molecule has 0 aromatic carbocycles. The summed E-state index contributed by atoms with van der Waals surface area (Å²) in [6.45, 7) is 0.780. The van der Waals surface area contributed by atoms with Crippen LogP contribution in [0.5, 0.6) is 0 Å². The molecule has 0 saturated carbocycles. The first kappa shape index (κ1) is 8.81. The molecule has 0 atom stereocenters. The molecular formula is C7H12ClN. The van der Waals surface area contributed by atoms with Crippen molar-refractivity contribution in [3.05, 3.63) is 0 Å². The second kappa shape index (κ2) is 7.81. The first-order chi connectivity index (χ1) is 4.41. The summed E-state index contributed by atoms with van der Waals surface area (Å²) < 4.78 is 0. The highest BCUT2D eigenvalue weighted by molar-refractivity contribution is 6.17. The molecule has 0 heterocycles. The molecule has 52 valence electrons. The average Bonchev–Trinajstić information content (AvgIpc) is 1.89. The molecule has 0 unspecified atom stereocenters. The molecule has 0 aromatic heterocycles. The van der Waals surface area contributed by atoms with E-state index in [2.05, 4.69) is 17.2 Å². The van der Waals surface area contributed by atoms with Crippen molar-refractivity contribution >= 4 is 11.6 Å². The average molecular weight is 146 g/mol. The minimum atomic E-state index is 0.717. The van der Waals surface area contributed by atoms with E-state index in [0.29, 0.717) is 5.88 Å². The summed E-state index contributed by atoms with van der Waals surface area (Å²) in [6, 6.07) is 0. The van der Waals surface area contributed by atoms with Gasteiger partial charge in [0.25, 0.3) is 0 Å². The highest BCUT2D eigenvalue weighted by Gasteiger charge is 1.76. The molecule has 1 N–H and O–H groups in total. The molecule has 0 aromatic rings. The minimum absolute atomic E-state index is 0.717. The standard InChI is InChI=1S/C7H12ClN/c1-9-7-5-3-2-4-6-8/h9H,2,4,6-7H2,1H3. The Balaban J connectivity index is 2.96. The van der Waals surface area contributed by atoms with Crippen molar-refractivity contribution in [1.82, 2.24) is 5.32 Å². The van der Waals surface area contributed by atoms with Crippen molar-refractivity contribution < 1.29 is 0 Å². The van der Waals surface area contributed by atoms with Gasteiger partial charge in [-0.15, -0.1) is 17.5 Å². The summed E-state index contributed by atoms with van der Waals surface area (Å²) in [7, 11) is 1.89. The summed E-state index contributed by atoms with van der Waals surface area (Å²) in [5.41, 5.74) is 0. The highest BCUT2D eigenvalue weighted by Crippen LogP contribution is 1.87. The number of unbranched alkanes of at least 4 members (excludes halogenated alkanes) is 1. The van der Waals surface area contributed by atoms with E-state index in [-0.39, 0.29) is 0 Å². The van der Waals surface area contributed by atoms with Crippen LogP contribution in [0.3, 0.4) is 0 Å². The normalized spacial score (nSPS) is 8.22. The zero-order valence-corrected chi connectivity index (χ0v) is 6.46. The molecule has 1 nitrogen and oxygen atoms in total. The third-order valence-corrected chi connectivity index (χ3v) is 1.09. The third-order valence-electron chi connectivity index (χ3n) is 0.826. The number of alkyl halides is 1. The Morgan fingerprint density at radius 3 is 2.78 bits per heavy atom. The Labute approximate surface area is 61.8 Å². The van der Waals surface area contributed by atoms with Gasteiger partial charge in [-0.05, 0) is 13.5 Å². The van der Waals surface area contributed by atoms with Gasteiger partial charge in [0.15, 0.2) is 0 Å². The fraction of sp³-hybridized carbons (Fsp3) is 0.714. The lowest BCUT2D eigenvalue weighted by Crippen LogP contribution is -2.04. The van der Waals surface area contributed by atoms with Gasteiger partial charge in [-0.2, -0.15) is 0 Å². The van der Waals surface area contributed by atoms with Crippen molar-refractivity contribution in [2.24, 2.45) is 0 Å². The molecule has 0 spiro atoms. The maximum Gasteiger partial charge on any atom is 0.0574 e. The smallest absolute Gasteiger partial charge is 0.0574 e. The largest absolute Gasteiger partial charge is 0.309 e. The lowest BCUT2D eigenvalue weighted by Gasteiger charge is -1.83. The molecule has 2 heteroatoms. The van der Waals surface area contributed by atoms with E-state index >= 15 is 0 Å². The van der Waals surface area contributed by atoms with Crippen molar-refractivity contribution in [2.45, 2.75) is 12.8 Å². The van der Waals surface area contributed by atoms with Crippen LogP contribution >= 0.6 is 11.6 Å². The number of rotatable bonds is 3. The Morgan fingerprint density at radius 2 is 2.22 bits per heavy atom. The van der Waals surface area contributed by atoms with Crippen LogP contribution < -0.4 is 5.32 Å². The van der Waals surface area contributed by atoms with Gasteiger partial charge < -0.3 is 5.32 Å². The van der Waals surface area contributed by atoms with Crippen molar-refractivity contribution in [1.29, 1.82) is 0 Å². The predicted octanol–water partition coefficient (Wildman–Crippen LogP) is 1.23. The Bertz CT molecular complexity index is 101. The van der Waals surface area contributed by atoms with Gasteiger partial charge >= 0.3 is 0 Å². The fourth-order valence-corrected chi connectivity index (χ4v) is 0.528. The molecule has 0 aliphatic rings. The van der Waals surface area contributed by atoms with Crippen LogP contribution in [0.1, 0.15) is 12.8 Å². The molecular weight excluding hydrogens is 134 g/mol. The fourth-order valence-electron chi connectivity index (χ4n) is 0.394. The van der Waals surface area contributed by atoms with Crippen molar-refractivity contribution in [2.75, 3.05) is 19.5 Å². The van der Waals surface area contributed by atoms with E-state index in [1.807, 2.05) is 7.05 Å². The third kappa shape index (κ3) is 7.81. The monoisotopic (exact) mass is 145 g/mol. The minimum Gasteiger partial charge on any atom is -0.309 e. The molecule has 0 saturated heterocycles. The molecule has 0 aliphatic heterocycles. The first-order valence-corrected chi connectivity index (χ1v) is 3.61. The molecule has 0 bridgehead atoms. The number of hydrogen-bond donors (Lipinski definition) is 1. The molecule has 0 aliphatic carbocycles. The highest BCUT2D eigenvalue weighted by atomic mass is 35.5. The Kier molecular flexibility index (Phi) is 7.65. The zero-order chi connectivity index (χ0) is 6.95. The SMILES string of the molecule is CNCC#CCCCCl. The van der Waals surface area contributed by atoms with Crippen LogP contribution in [0.25, 0.3) is 0 Å².